The van der Waals surface area contributed by atoms with Crippen LogP contribution in [0.2, 0.25) is 0 Å². The van der Waals surface area contributed by atoms with Gasteiger partial charge >= 0.3 is 0 Å². The summed E-state index contributed by atoms with van der Waals surface area (Å²) in [5.41, 5.74) is 1.49. The monoisotopic (exact) mass is 399 g/mol. The highest BCUT2D eigenvalue weighted by molar-refractivity contribution is 7.91. The van der Waals surface area contributed by atoms with Crippen molar-refractivity contribution in [3.8, 4) is 6.07 Å². The number of nitrogens with one attached hydrogen (secondary N) is 2. The van der Waals surface area contributed by atoms with Crippen molar-refractivity contribution in [3.63, 3.8) is 0 Å². The van der Waals surface area contributed by atoms with Crippen LogP contribution < -0.4 is 10.0 Å². The molecule has 1 atom stereocenters. The molecule has 0 radical (unpaired) electrons. The van der Waals surface area contributed by atoms with Crippen LogP contribution in [0.15, 0.2) is 48.5 Å². The Balaban J connectivity index is 1.68. The van der Waals surface area contributed by atoms with Crippen molar-refractivity contribution in [3.05, 3.63) is 65.2 Å². The number of carbonyl (C=O) groups is 1. The highest BCUT2D eigenvalue weighted by Crippen LogP contribution is 2.19. The average Bonchev–Trinajstić information content (AvgIpc) is 3.20. The molecule has 2 aromatic rings. The molecule has 0 bridgehead atoms. The molecule has 2 aromatic carbocycles. The third-order valence-electron chi connectivity index (χ3n) is 4.39. The summed E-state index contributed by atoms with van der Waals surface area (Å²) in [6.07, 6.45) is 1.88. The molecule has 1 unspecified atom stereocenters. The van der Waals surface area contributed by atoms with E-state index in [2.05, 4.69) is 10.0 Å². The molecule has 1 aliphatic rings. The molecule has 3 rings (SSSR count). The van der Waals surface area contributed by atoms with E-state index in [0.29, 0.717) is 24.3 Å². The van der Waals surface area contributed by atoms with Crippen molar-refractivity contribution < 1.29 is 17.9 Å². The Bertz CT molecular complexity index is 975. The summed E-state index contributed by atoms with van der Waals surface area (Å²) in [5, 5.41) is 11.6. The summed E-state index contributed by atoms with van der Waals surface area (Å²) in [6, 6.07) is 14.8. The summed E-state index contributed by atoms with van der Waals surface area (Å²) >= 11 is 0. The molecule has 1 fully saturated rings. The predicted octanol–water partition coefficient (Wildman–Crippen LogP) is 2.41. The fourth-order valence-corrected chi connectivity index (χ4v) is 4.19. The number of carbonyl (C=O) groups excluding carboxylic acids is 1. The van der Waals surface area contributed by atoms with Crippen LogP contribution in [0.5, 0.6) is 0 Å². The molecule has 1 saturated heterocycles. The smallest absolute Gasteiger partial charge is 0.253 e. The fraction of sp³-hybridized carbons (Fsp3) is 0.300. The molecule has 8 heteroatoms. The minimum absolute atomic E-state index is 0.00388. The number of nitrogens with zero attached hydrogens (tertiary/aromatic N) is 1. The molecule has 1 heterocycles. The summed E-state index contributed by atoms with van der Waals surface area (Å²) in [6.45, 7) is 1.09. The maximum atomic E-state index is 12.5. The van der Waals surface area contributed by atoms with E-state index in [1.165, 1.54) is 0 Å². The van der Waals surface area contributed by atoms with E-state index in [1.54, 1.807) is 48.5 Å². The lowest BCUT2D eigenvalue weighted by Crippen LogP contribution is -2.32. The van der Waals surface area contributed by atoms with Crippen molar-refractivity contribution >= 4 is 21.6 Å². The molecule has 0 aromatic heterocycles. The van der Waals surface area contributed by atoms with Crippen LogP contribution in [0.3, 0.4) is 0 Å². The van der Waals surface area contributed by atoms with Crippen molar-refractivity contribution in [2.45, 2.75) is 24.7 Å². The Morgan fingerprint density at radius 2 is 1.93 bits per heavy atom. The van der Waals surface area contributed by atoms with Gasteiger partial charge in [-0.15, -0.1) is 0 Å². The summed E-state index contributed by atoms with van der Waals surface area (Å²) in [5.74, 6) is -0.614. The van der Waals surface area contributed by atoms with Gasteiger partial charge in [-0.1, -0.05) is 24.3 Å². The van der Waals surface area contributed by atoms with E-state index in [-0.39, 0.29) is 29.0 Å². The summed E-state index contributed by atoms with van der Waals surface area (Å²) < 4.78 is 33.1. The van der Waals surface area contributed by atoms with E-state index in [9.17, 15) is 13.2 Å². The molecule has 7 nitrogen and oxygen atoms in total. The first-order valence-electron chi connectivity index (χ1n) is 8.95. The standard InChI is InChI=1S/C20H21N3O4S/c21-12-15-7-9-16(10-8-15)14-28(25,26)23-19-6-2-1-5-18(19)20(24)22-13-17-4-3-11-27-17/h1-2,5-10,17,23H,3-4,11,13-14H2,(H,22,24). The quantitative estimate of drug-likeness (QED) is 0.743. The number of amides is 1. The molecule has 1 aliphatic heterocycles. The first-order valence-corrected chi connectivity index (χ1v) is 10.6. The van der Waals surface area contributed by atoms with Gasteiger partial charge in [0.1, 0.15) is 0 Å². The molecular weight excluding hydrogens is 378 g/mol. The van der Waals surface area contributed by atoms with E-state index in [1.807, 2.05) is 6.07 Å². The van der Waals surface area contributed by atoms with Crippen LogP contribution >= 0.6 is 0 Å². The first-order chi connectivity index (χ1) is 13.5. The van der Waals surface area contributed by atoms with Crippen molar-refractivity contribution in [2.75, 3.05) is 17.9 Å². The Morgan fingerprint density at radius 1 is 1.18 bits per heavy atom. The minimum Gasteiger partial charge on any atom is -0.376 e. The third-order valence-corrected chi connectivity index (χ3v) is 5.64. The Kier molecular flexibility index (Phi) is 6.29. The second kappa shape index (κ2) is 8.87. The van der Waals surface area contributed by atoms with E-state index in [4.69, 9.17) is 10.00 Å². The van der Waals surface area contributed by atoms with Gasteiger partial charge in [0.05, 0.1) is 34.7 Å². The van der Waals surface area contributed by atoms with Crippen LogP contribution in [0.4, 0.5) is 5.69 Å². The number of para-hydroxylation sites is 1. The van der Waals surface area contributed by atoms with Crippen LogP contribution in [-0.4, -0.2) is 33.6 Å². The number of hydrogen-bond donors (Lipinski definition) is 2. The van der Waals surface area contributed by atoms with Crippen LogP contribution in [0.25, 0.3) is 0 Å². The number of rotatable bonds is 7. The number of hydrogen-bond acceptors (Lipinski definition) is 5. The highest BCUT2D eigenvalue weighted by Gasteiger charge is 2.20. The first kappa shape index (κ1) is 19.9. The Morgan fingerprint density at radius 3 is 2.61 bits per heavy atom. The van der Waals surface area contributed by atoms with Gasteiger partial charge in [0, 0.05) is 13.2 Å². The van der Waals surface area contributed by atoms with Gasteiger partial charge < -0.3 is 10.1 Å². The number of anilines is 1. The normalized spacial score (nSPS) is 16.3. The molecule has 0 spiro atoms. The largest absolute Gasteiger partial charge is 0.376 e. The van der Waals surface area contributed by atoms with Gasteiger partial charge in [-0.25, -0.2) is 8.42 Å². The lowest BCUT2D eigenvalue weighted by molar-refractivity contribution is 0.0858. The highest BCUT2D eigenvalue weighted by atomic mass is 32.2. The van der Waals surface area contributed by atoms with Crippen molar-refractivity contribution in [1.29, 1.82) is 5.26 Å². The molecule has 2 N–H and O–H groups in total. The third kappa shape index (κ3) is 5.31. The van der Waals surface area contributed by atoms with Crippen LogP contribution in [-0.2, 0) is 20.5 Å². The Labute approximate surface area is 164 Å². The number of benzene rings is 2. The second-order valence-corrected chi connectivity index (χ2v) is 8.28. The lowest BCUT2D eigenvalue weighted by atomic mass is 10.1. The molecule has 146 valence electrons. The van der Waals surface area contributed by atoms with Crippen LogP contribution in [0.1, 0.15) is 34.3 Å². The molecule has 0 saturated carbocycles. The summed E-state index contributed by atoms with van der Waals surface area (Å²) in [7, 11) is -3.73. The zero-order valence-corrected chi connectivity index (χ0v) is 16.0. The minimum atomic E-state index is -3.73. The summed E-state index contributed by atoms with van der Waals surface area (Å²) in [4.78, 5) is 12.5. The van der Waals surface area contributed by atoms with Crippen molar-refractivity contribution in [2.24, 2.45) is 0 Å². The van der Waals surface area contributed by atoms with E-state index >= 15 is 0 Å². The lowest BCUT2D eigenvalue weighted by Gasteiger charge is -2.14. The predicted molar refractivity (Wildman–Crippen MR) is 105 cm³/mol. The maximum Gasteiger partial charge on any atom is 0.253 e. The van der Waals surface area contributed by atoms with Gasteiger partial charge in [-0.05, 0) is 42.7 Å². The number of sulfonamides is 1. The van der Waals surface area contributed by atoms with Gasteiger partial charge in [0.25, 0.3) is 5.91 Å². The molecule has 1 amide bonds. The van der Waals surface area contributed by atoms with Gasteiger partial charge in [-0.2, -0.15) is 5.26 Å². The van der Waals surface area contributed by atoms with E-state index in [0.717, 1.165) is 12.8 Å². The zero-order valence-electron chi connectivity index (χ0n) is 15.2. The maximum absolute atomic E-state index is 12.5. The molecular formula is C20H21N3O4S. The van der Waals surface area contributed by atoms with E-state index < -0.39 is 10.0 Å². The Hall–Kier alpha value is -2.89. The van der Waals surface area contributed by atoms with Gasteiger partial charge in [-0.3, -0.25) is 9.52 Å². The zero-order chi connectivity index (χ0) is 20.0. The second-order valence-electron chi connectivity index (χ2n) is 6.56. The molecule has 0 aliphatic carbocycles. The number of nitriles is 1. The van der Waals surface area contributed by atoms with Crippen LogP contribution in [0, 0.1) is 11.3 Å². The van der Waals surface area contributed by atoms with Crippen molar-refractivity contribution in [1.82, 2.24) is 5.32 Å². The number of ether oxygens (including phenoxy) is 1. The van der Waals surface area contributed by atoms with Gasteiger partial charge in [0.2, 0.25) is 10.0 Å². The molecule has 28 heavy (non-hydrogen) atoms. The topological polar surface area (TPSA) is 108 Å². The van der Waals surface area contributed by atoms with Gasteiger partial charge in [0.15, 0.2) is 0 Å². The fourth-order valence-electron chi connectivity index (χ4n) is 2.98. The average molecular weight is 399 g/mol. The SMILES string of the molecule is N#Cc1ccc(CS(=O)(=O)Nc2ccccc2C(=O)NCC2CCCO2)cc1.